The molecule has 0 bridgehead atoms. The molecule has 2 unspecified atom stereocenters. The van der Waals surface area contributed by atoms with E-state index in [4.69, 9.17) is 9.68 Å². The highest BCUT2D eigenvalue weighted by molar-refractivity contribution is 7.10. The first-order chi connectivity index (χ1) is 9.19. The lowest BCUT2D eigenvalue weighted by atomic mass is 10.1. The Morgan fingerprint density at radius 1 is 1.47 bits per heavy atom. The standard InChI is InChI=1S/C14H16N2O2S/c1-10(7-13(17)14-3-2-6-19-14)16-9-12-5-4-11(8-15)18-12/h2-6,10,13,16-17H,7,9H2,1H3. The Morgan fingerprint density at radius 2 is 2.32 bits per heavy atom. The second kappa shape index (κ2) is 6.53. The molecule has 2 N–H and O–H groups in total. The van der Waals surface area contributed by atoms with Crippen LogP contribution in [-0.2, 0) is 6.54 Å². The van der Waals surface area contributed by atoms with Crippen LogP contribution in [0.2, 0.25) is 0 Å². The Hall–Kier alpha value is -1.61. The summed E-state index contributed by atoms with van der Waals surface area (Å²) in [5, 5.41) is 23.9. The molecule has 0 aliphatic rings. The topological polar surface area (TPSA) is 69.2 Å². The molecule has 19 heavy (non-hydrogen) atoms. The number of furan rings is 1. The van der Waals surface area contributed by atoms with Crippen LogP contribution < -0.4 is 5.32 Å². The molecule has 2 heterocycles. The van der Waals surface area contributed by atoms with Crippen molar-refractivity contribution in [1.29, 1.82) is 5.26 Å². The minimum absolute atomic E-state index is 0.160. The summed E-state index contributed by atoms with van der Waals surface area (Å²) in [6.07, 6.45) is 0.209. The van der Waals surface area contributed by atoms with E-state index in [1.165, 1.54) is 0 Å². The van der Waals surface area contributed by atoms with Crippen molar-refractivity contribution in [2.45, 2.75) is 32.0 Å². The van der Waals surface area contributed by atoms with Crippen LogP contribution in [0.25, 0.3) is 0 Å². The van der Waals surface area contributed by atoms with E-state index in [9.17, 15) is 5.11 Å². The third-order valence-corrected chi connectivity index (χ3v) is 3.82. The van der Waals surface area contributed by atoms with Gasteiger partial charge in [0.2, 0.25) is 5.76 Å². The van der Waals surface area contributed by atoms with Gasteiger partial charge in [-0.3, -0.25) is 0 Å². The van der Waals surface area contributed by atoms with Gasteiger partial charge in [-0.25, -0.2) is 0 Å². The van der Waals surface area contributed by atoms with E-state index in [-0.39, 0.29) is 6.04 Å². The Bertz CT molecular complexity index is 542. The highest BCUT2D eigenvalue weighted by atomic mass is 32.1. The molecule has 2 aromatic rings. The first kappa shape index (κ1) is 13.8. The summed E-state index contributed by atoms with van der Waals surface area (Å²) < 4.78 is 5.28. The molecule has 0 radical (unpaired) electrons. The van der Waals surface area contributed by atoms with Crippen LogP contribution in [0, 0.1) is 11.3 Å². The van der Waals surface area contributed by atoms with Crippen molar-refractivity contribution in [2.24, 2.45) is 0 Å². The van der Waals surface area contributed by atoms with Gasteiger partial charge in [-0.05, 0) is 36.9 Å². The van der Waals surface area contributed by atoms with Crippen LogP contribution in [0.4, 0.5) is 0 Å². The molecular weight excluding hydrogens is 260 g/mol. The van der Waals surface area contributed by atoms with Crippen LogP contribution in [0.15, 0.2) is 34.1 Å². The van der Waals surface area contributed by atoms with Crippen LogP contribution in [-0.4, -0.2) is 11.1 Å². The third kappa shape index (κ3) is 3.93. The van der Waals surface area contributed by atoms with Crippen LogP contribution >= 0.6 is 11.3 Å². The molecule has 100 valence electrons. The molecule has 0 fully saturated rings. The molecule has 0 spiro atoms. The van der Waals surface area contributed by atoms with Gasteiger partial charge in [-0.15, -0.1) is 11.3 Å². The summed E-state index contributed by atoms with van der Waals surface area (Å²) in [7, 11) is 0. The molecule has 0 saturated carbocycles. The highest BCUT2D eigenvalue weighted by Gasteiger charge is 2.13. The zero-order valence-corrected chi connectivity index (χ0v) is 11.5. The molecule has 2 rings (SSSR count). The van der Waals surface area contributed by atoms with Gasteiger partial charge in [-0.1, -0.05) is 6.07 Å². The van der Waals surface area contributed by atoms with Gasteiger partial charge in [0.05, 0.1) is 12.6 Å². The van der Waals surface area contributed by atoms with Gasteiger partial charge in [0.15, 0.2) is 0 Å². The second-order valence-corrected chi connectivity index (χ2v) is 5.41. The number of aliphatic hydroxyl groups is 1. The van der Waals surface area contributed by atoms with Crippen LogP contribution in [0.5, 0.6) is 0 Å². The van der Waals surface area contributed by atoms with Crippen molar-refractivity contribution in [3.63, 3.8) is 0 Å². The average molecular weight is 276 g/mol. The minimum atomic E-state index is -0.436. The maximum atomic E-state index is 10.0. The number of rotatable bonds is 6. The van der Waals surface area contributed by atoms with E-state index in [0.717, 1.165) is 10.6 Å². The Balaban J connectivity index is 1.78. The number of thiophene rings is 1. The van der Waals surface area contributed by atoms with E-state index in [0.29, 0.717) is 18.7 Å². The van der Waals surface area contributed by atoms with Crippen LogP contribution in [0.1, 0.15) is 35.8 Å². The summed E-state index contributed by atoms with van der Waals surface area (Å²) in [5.74, 6) is 1.05. The summed E-state index contributed by atoms with van der Waals surface area (Å²) in [5.41, 5.74) is 0. The number of nitriles is 1. The molecule has 0 aromatic carbocycles. The molecule has 5 heteroatoms. The minimum Gasteiger partial charge on any atom is -0.449 e. The average Bonchev–Trinajstić information content (AvgIpc) is 3.07. The number of hydrogen-bond donors (Lipinski definition) is 2. The van der Waals surface area contributed by atoms with E-state index >= 15 is 0 Å². The van der Waals surface area contributed by atoms with E-state index < -0.39 is 6.10 Å². The maximum Gasteiger partial charge on any atom is 0.203 e. The Kier molecular flexibility index (Phi) is 4.74. The largest absolute Gasteiger partial charge is 0.449 e. The molecule has 0 saturated heterocycles. The summed E-state index contributed by atoms with van der Waals surface area (Å²) >= 11 is 1.56. The molecule has 2 atom stereocenters. The van der Waals surface area contributed by atoms with Gasteiger partial charge >= 0.3 is 0 Å². The van der Waals surface area contributed by atoms with Gasteiger partial charge in [0.1, 0.15) is 11.8 Å². The third-order valence-electron chi connectivity index (χ3n) is 2.85. The quantitative estimate of drug-likeness (QED) is 0.851. The first-order valence-electron chi connectivity index (χ1n) is 6.12. The van der Waals surface area contributed by atoms with Gasteiger partial charge in [0, 0.05) is 10.9 Å². The molecular formula is C14H16N2O2S. The summed E-state index contributed by atoms with van der Waals surface area (Å²) in [6.45, 7) is 2.57. The fourth-order valence-corrected chi connectivity index (χ4v) is 2.55. The van der Waals surface area contributed by atoms with Crippen molar-refractivity contribution in [2.75, 3.05) is 0 Å². The van der Waals surface area contributed by atoms with Crippen molar-refractivity contribution in [1.82, 2.24) is 5.32 Å². The van der Waals surface area contributed by atoms with Crippen molar-refractivity contribution in [3.8, 4) is 6.07 Å². The number of aliphatic hydroxyl groups excluding tert-OH is 1. The second-order valence-electron chi connectivity index (χ2n) is 4.43. The molecule has 2 aromatic heterocycles. The lowest BCUT2D eigenvalue weighted by Gasteiger charge is -2.16. The number of nitrogens with one attached hydrogen (secondary N) is 1. The van der Waals surface area contributed by atoms with Crippen molar-refractivity contribution >= 4 is 11.3 Å². The van der Waals surface area contributed by atoms with E-state index in [1.54, 1.807) is 23.5 Å². The Labute approximate surface area is 116 Å². The Morgan fingerprint density at radius 3 is 2.95 bits per heavy atom. The SMILES string of the molecule is CC(CC(O)c1cccs1)NCc1ccc(C#N)o1. The zero-order valence-electron chi connectivity index (χ0n) is 10.7. The fourth-order valence-electron chi connectivity index (χ4n) is 1.82. The van der Waals surface area contributed by atoms with Crippen molar-refractivity contribution in [3.05, 3.63) is 46.0 Å². The van der Waals surface area contributed by atoms with E-state index in [1.807, 2.05) is 30.5 Å². The monoisotopic (exact) mass is 276 g/mol. The lowest BCUT2D eigenvalue weighted by Crippen LogP contribution is -2.27. The summed E-state index contributed by atoms with van der Waals surface area (Å²) in [6, 6.07) is 9.43. The predicted octanol–water partition coefficient (Wildman–Crippen LogP) is 2.81. The van der Waals surface area contributed by atoms with Gasteiger partial charge < -0.3 is 14.8 Å². The van der Waals surface area contributed by atoms with E-state index in [2.05, 4.69) is 5.32 Å². The zero-order chi connectivity index (χ0) is 13.7. The van der Waals surface area contributed by atoms with Gasteiger partial charge in [-0.2, -0.15) is 5.26 Å². The lowest BCUT2D eigenvalue weighted by molar-refractivity contribution is 0.157. The molecule has 4 nitrogen and oxygen atoms in total. The molecule has 0 amide bonds. The molecule has 0 aliphatic heterocycles. The van der Waals surface area contributed by atoms with Crippen LogP contribution in [0.3, 0.4) is 0 Å². The number of nitrogens with zero attached hydrogens (tertiary/aromatic N) is 1. The fraction of sp³-hybridized carbons (Fsp3) is 0.357. The molecule has 0 aliphatic carbocycles. The smallest absolute Gasteiger partial charge is 0.203 e. The maximum absolute atomic E-state index is 10.0. The predicted molar refractivity (Wildman–Crippen MR) is 73.6 cm³/mol. The highest BCUT2D eigenvalue weighted by Crippen LogP contribution is 2.22. The number of hydrogen-bond acceptors (Lipinski definition) is 5. The first-order valence-corrected chi connectivity index (χ1v) is 7.00. The van der Waals surface area contributed by atoms with Gasteiger partial charge in [0.25, 0.3) is 0 Å². The van der Waals surface area contributed by atoms with Crippen molar-refractivity contribution < 1.29 is 9.52 Å². The normalized spacial score (nSPS) is 13.9. The summed E-state index contributed by atoms with van der Waals surface area (Å²) in [4.78, 5) is 0.985.